The Morgan fingerprint density at radius 2 is 1.77 bits per heavy atom. The number of thiazole rings is 1. The highest BCUT2D eigenvalue weighted by Crippen LogP contribution is 2.53. The lowest BCUT2D eigenvalue weighted by molar-refractivity contribution is -0.156. The molecule has 4 atom stereocenters. The van der Waals surface area contributed by atoms with E-state index < -0.39 is 41.4 Å². The van der Waals surface area contributed by atoms with Crippen LogP contribution in [0.4, 0.5) is 9.93 Å². The maximum absolute atomic E-state index is 14.1. The number of carbonyl (C=O) groups is 4. The molecule has 2 aromatic heterocycles. The lowest BCUT2D eigenvalue weighted by Gasteiger charge is -2.53. The van der Waals surface area contributed by atoms with E-state index in [9.17, 15) is 24.3 Å². The summed E-state index contributed by atoms with van der Waals surface area (Å²) < 4.78 is 5.71. The van der Waals surface area contributed by atoms with E-state index in [0.717, 1.165) is 39.5 Å². The second kappa shape index (κ2) is 18.3. The molecule has 314 valence electrons. The zero-order valence-electron chi connectivity index (χ0n) is 33.2. The van der Waals surface area contributed by atoms with Crippen molar-refractivity contribution < 1.29 is 33.9 Å². The van der Waals surface area contributed by atoms with Crippen LogP contribution in [0.25, 0.3) is 0 Å². The van der Waals surface area contributed by atoms with Crippen LogP contribution >= 0.6 is 46.5 Å². The summed E-state index contributed by atoms with van der Waals surface area (Å²) in [5.74, 6) is -2.95. The van der Waals surface area contributed by atoms with Crippen LogP contribution in [0.1, 0.15) is 62.0 Å². The first-order valence-electron chi connectivity index (χ1n) is 19.2. The van der Waals surface area contributed by atoms with Crippen molar-refractivity contribution in [2.24, 2.45) is 11.1 Å². The Morgan fingerprint density at radius 1 is 1.08 bits per heavy atom. The fraction of sp³-hybridized carbons (Fsp3) is 0.357. The van der Waals surface area contributed by atoms with Crippen LogP contribution in [0.3, 0.4) is 0 Å². The number of nitrogen functional groups attached to an aromatic ring is 1. The smallest absolute Gasteiger partial charge is 0.410 e. The number of pyridine rings is 1. The number of oxime groups is 1. The third-order valence-corrected chi connectivity index (χ3v) is 14.0. The molecule has 0 bridgehead atoms. The molecule has 2 unspecified atom stereocenters. The van der Waals surface area contributed by atoms with Gasteiger partial charge in [-0.05, 0) is 56.9 Å². The van der Waals surface area contributed by atoms with Gasteiger partial charge in [0.25, 0.3) is 11.8 Å². The topological polar surface area (TPSA) is 190 Å². The number of β-lactam (4-membered cyclic amide) rings is 1. The number of likely N-dealkylation sites (tertiary alicyclic amines) is 1. The number of carboxylic acids is 1. The average molecular weight is 891 g/mol. The summed E-state index contributed by atoms with van der Waals surface area (Å²) in [5, 5.41) is 17.9. The lowest BCUT2D eigenvalue weighted by atomic mass is 9.71. The number of thioether (sulfide) groups is 2. The number of benzene rings is 2. The van der Waals surface area contributed by atoms with Crippen molar-refractivity contribution in [3.05, 3.63) is 116 Å². The monoisotopic (exact) mass is 889 g/mol. The van der Waals surface area contributed by atoms with E-state index in [1.54, 1.807) is 22.9 Å². The minimum atomic E-state index is -1.27. The number of aliphatic carboxylic acids is 1. The van der Waals surface area contributed by atoms with Crippen molar-refractivity contribution in [3.63, 3.8) is 0 Å². The van der Waals surface area contributed by atoms with Crippen molar-refractivity contribution in [3.8, 4) is 0 Å². The molecule has 2 fully saturated rings. The fourth-order valence-corrected chi connectivity index (χ4v) is 11.2. The number of allylic oxidation sites excluding steroid dienone is 1. The lowest BCUT2D eigenvalue weighted by Crippen LogP contribution is -2.72. The second-order valence-electron chi connectivity index (χ2n) is 15.4. The van der Waals surface area contributed by atoms with Crippen LogP contribution in [0.2, 0.25) is 4.34 Å². The van der Waals surface area contributed by atoms with E-state index >= 15 is 0 Å². The van der Waals surface area contributed by atoms with E-state index in [1.165, 1.54) is 23.8 Å². The van der Waals surface area contributed by atoms with Gasteiger partial charge < -0.3 is 30.6 Å². The number of halogens is 1. The van der Waals surface area contributed by atoms with E-state index in [4.69, 9.17) is 31.9 Å². The van der Waals surface area contributed by atoms with E-state index in [-0.39, 0.29) is 43.8 Å². The first-order valence-corrected chi connectivity index (χ1v) is 22.3. The van der Waals surface area contributed by atoms with Gasteiger partial charge in [-0.3, -0.25) is 19.5 Å². The summed E-state index contributed by atoms with van der Waals surface area (Å²) in [6.45, 7) is 6.67. The van der Waals surface area contributed by atoms with Gasteiger partial charge in [-0.2, -0.15) is 11.8 Å². The van der Waals surface area contributed by atoms with Crippen molar-refractivity contribution in [1.29, 1.82) is 0 Å². The largest absolute Gasteiger partial charge is 0.477 e. The summed E-state index contributed by atoms with van der Waals surface area (Å²) in [7, 11) is 1.26. The number of hydrogen-bond donors (Lipinski definition) is 3. The number of aromatic nitrogens is 2. The number of carbonyl (C=O) groups excluding carboxylic acids is 3. The summed E-state index contributed by atoms with van der Waals surface area (Å²) in [6.07, 6.45) is 2.48. The average Bonchev–Trinajstić information content (AvgIpc) is 3.84. The number of fused-ring (bicyclic) bond motifs is 1. The highest BCUT2D eigenvalue weighted by molar-refractivity contribution is 8.03. The van der Waals surface area contributed by atoms with Crippen molar-refractivity contribution in [2.75, 3.05) is 25.9 Å². The summed E-state index contributed by atoms with van der Waals surface area (Å²) in [6, 6.07) is 21.6. The molecule has 7 rings (SSSR count). The molecule has 0 aliphatic carbocycles. The third kappa shape index (κ3) is 9.28. The Balaban J connectivity index is 1.23. The Kier molecular flexibility index (Phi) is 13.1. The van der Waals surface area contributed by atoms with Crippen LogP contribution in [0, 0.1) is 5.92 Å². The Labute approximate surface area is 364 Å². The maximum atomic E-state index is 14.1. The van der Waals surface area contributed by atoms with Crippen molar-refractivity contribution in [2.45, 2.75) is 73.1 Å². The van der Waals surface area contributed by atoms with E-state index in [2.05, 4.69) is 15.5 Å². The molecular weight excluding hydrogens is 846 g/mol. The van der Waals surface area contributed by atoms with Gasteiger partial charge in [0, 0.05) is 51.9 Å². The van der Waals surface area contributed by atoms with Gasteiger partial charge in [0.05, 0.1) is 11.7 Å². The Bertz CT molecular complexity index is 2280. The van der Waals surface area contributed by atoms with Gasteiger partial charge in [-0.15, -0.1) is 0 Å². The summed E-state index contributed by atoms with van der Waals surface area (Å²) >= 11 is 10.3. The molecule has 3 aliphatic heterocycles. The predicted octanol–water partition coefficient (Wildman–Crippen LogP) is 7.00. The molecule has 60 heavy (non-hydrogen) atoms. The van der Waals surface area contributed by atoms with Crippen LogP contribution in [-0.4, -0.2) is 97.6 Å². The number of hydrogen-bond acceptors (Lipinski definition) is 13. The molecule has 4 aromatic rings. The van der Waals surface area contributed by atoms with E-state index in [1.807, 2.05) is 93.6 Å². The fourth-order valence-electron chi connectivity index (χ4n) is 7.73. The van der Waals surface area contributed by atoms with Crippen molar-refractivity contribution >= 4 is 81.2 Å². The molecule has 0 radical (unpaired) electrons. The third-order valence-electron chi connectivity index (χ3n) is 10.3. The normalized spacial score (nSPS) is 20.5. The number of carboxylic acid groups (broad SMARTS) is 1. The summed E-state index contributed by atoms with van der Waals surface area (Å²) in [4.78, 5) is 72.4. The molecule has 0 saturated carbocycles. The molecule has 18 heteroatoms. The van der Waals surface area contributed by atoms with Gasteiger partial charge in [0.2, 0.25) is 0 Å². The van der Waals surface area contributed by atoms with Crippen LogP contribution in [0.5, 0.6) is 0 Å². The van der Waals surface area contributed by atoms with Gasteiger partial charge in [0.15, 0.2) is 10.8 Å². The van der Waals surface area contributed by atoms with Gasteiger partial charge >= 0.3 is 12.1 Å². The highest BCUT2D eigenvalue weighted by Gasteiger charge is 2.57. The van der Waals surface area contributed by atoms with Gasteiger partial charge in [-0.25, -0.2) is 14.6 Å². The van der Waals surface area contributed by atoms with Crippen LogP contribution in [-0.2, 0) is 29.7 Å². The SMILES string of the molecule is CON=C(C(=O)N[C@@H]1C(=O)N2C(C(=O)O)=C(Sc3cccnc3CSC3CCN(C(=O)OC(C)(C)C)C3)C(C(c3ccccc3)c3ccccc3)C[C@H]12)c1nc(N)sc1Cl. The molecule has 3 aliphatic rings. The first-order chi connectivity index (χ1) is 28.7. The minimum Gasteiger partial charge on any atom is -0.477 e. The molecule has 4 N–H and O–H groups in total. The van der Waals surface area contributed by atoms with Gasteiger partial charge in [-0.1, -0.05) is 101 Å². The number of nitrogens with one attached hydrogen (secondary N) is 1. The molecule has 2 aromatic carbocycles. The number of anilines is 1. The number of nitrogens with two attached hydrogens (primary N) is 1. The molecule has 5 heterocycles. The Hall–Kier alpha value is -5.10. The first kappa shape index (κ1) is 43.0. The van der Waals surface area contributed by atoms with Crippen LogP contribution in [0.15, 0.2) is 99.6 Å². The number of nitrogens with zero attached hydrogens (tertiary/aromatic N) is 5. The van der Waals surface area contributed by atoms with Crippen molar-refractivity contribution in [1.82, 2.24) is 25.1 Å². The molecular formula is C42H44ClN7O7S3. The minimum absolute atomic E-state index is 0.000397. The van der Waals surface area contributed by atoms with Crippen LogP contribution < -0.4 is 11.1 Å². The molecule has 3 amide bonds. The predicted molar refractivity (Wildman–Crippen MR) is 233 cm³/mol. The summed E-state index contributed by atoms with van der Waals surface area (Å²) in [5.41, 5.74) is 7.50. The maximum Gasteiger partial charge on any atom is 0.410 e. The zero-order chi connectivity index (χ0) is 42.7. The number of rotatable bonds is 13. The number of ether oxygens (including phenoxy) is 1. The van der Waals surface area contributed by atoms with E-state index in [0.29, 0.717) is 30.2 Å². The quantitative estimate of drug-likeness (QED) is 0.0709. The molecule has 14 nitrogen and oxygen atoms in total. The van der Waals surface area contributed by atoms with Gasteiger partial charge in [0.1, 0.15) is 34.5 Å². The highest BCUT2D eigenvalue weighted by atomic mass is 35.5. The number of amides is 3. The zero-order valence-corrected chi connectivity index (χ0v) is 36.4. The Morgan fingerprint density at radius 3 is 2.37 bits per heavy atom. The molecule has 2 saturated heterocycles. The molecule has 0 spiro atoms. The standard InChI is InChI=1S/C42H44ClN7O7S3/c1-42(2,3)57-41(55)49-19-17-25(21-49)58-22-27-29(16-11-18-45-27)59-35-26(30(23-12-7-5-8-13-23)24-14-9-6-10-15-24)20-28-31(38(52)50(28)34(35)39(53)54)46-37(51)33(48-56-4)32-36(43)60-40(44)47-32/h5-16,18,25-26,28,30-31H,17,19-22H2,1-4H3,(H2,44,47)(H,46,51)(H,53,54)/t25?,26?,28-,31+/m1/s1. The second-order valence-corrected chi connectivity index (χ2v) is 19.4.